The SMILES string of the molecule is NC(=S)c1cccnc1NC1CCCOC1. The van der Waals surface area contributed by atoms with Crippen LogP contribution in [0.5, 0.6) is 0 Å². The summed E-state index contributed by atoms with van der Waals surface area (Å²) in [6.45, 7) is 1.57. The molecule has 0 aliphatic carbocycles. The summed E-state index contributed by atoms with van der Waals surface area (Å²) in [4.78, 5) is 4.63. The van der Waals surface area contributed by atoms with Crippen LogP contribution in [-0.4, -0.2) is 29.2 Å². The number of nitrogens with zero attached hydrogens (tertiary/aromatic N) is 1. The minimum absolute atomic E-state index is 0.303. The number of hydrogen-bond acceptors (Lipinski definition) is 4. The van der Waals surface area contributed by atoms with Crippen molar-refractivity contribution in [2.75, 3.05) is 18.5 Å². The average molecular weight is 237 g/mol. The van der Waals surface area contributed by atoms with Crippen molar-refractivity contribution in [2.45, 2.75) is 18.9 Å². The highest BCUT2D eigenvalue weighted by Crippen LogP contribution is 2.16. The van der Waals surface area contributed by atoms with Crippen LogP contribution in [0.1, 0.15) is 18.4 Å². The topological polar surface area (TPSA) is 60.2 Å². The molecule has 1 aromatic heterocycles. The van der Waals surface area contributed by atoms with E-state index in [2.05, 4.69) is 10.3 Å². The summed E-state index contributed by atoms with van der Waals surface area (Å²) in [7, 11) is 0. The minimum atomic E-state index is 0.303. The van der Waals surface area contributed by atoms with Crippen molar-refractivity contribution in [1.29, 1.82) is 0 Å². The van der Waals surface area contributed by atoms with Gasteiger partial charge < -0.3 is 15.8 Å². The van der Waals surface area contributed by atoms with Crippen LogP contribution in [0.4, 0.5) is 5.82 Å². The van der Waals surface area contributed by atoms with E-state index in [4.69, 9.17) is 22.7 Å². The molecule has 1 aliphatic heterocycles. The number of anilines is 1. The first-order valence-electron chi connectivity index (χ1n) is 5.36. The summed E-state index contributed by atoms with van der Waals surface area (Å²) in [6.07, 6.45) is 3.90. The van der Waals surface area contributed by atoms with Gasteiger partial charge in [0, 0.05) is 12.8 Å². The molecule has 3 N–H and O–H groups in total. The molecule has 0 saturated carbocycles. The van der Waals surface area contributed by atoms with Crippen molar-refractivity contribution in [2.24, 2.45) is 5.73 Å². The van der Waals surface area contributed by atoms with Crippen LogP contribution < -0.4 is 11.1 Å². The van der Waals surface area contributed by atoms with E-state index in [1.54, 1.807) is 6.20 Å². The van der Waals surface area contributed by atoms with E-state index >= 15 is 0 Å². The molecular weight excluding hydrogens is 222 g/mol. The Morgan fingerprint density at radius 1 is 1.62 bits per heavy atom. The van der Waals surface area contributed by atoms with Gasteiger partial charge >= 0.3 is 0 Å². The zero-order chi connectivity index (χ0) is 11.4. The van der Waals surface area contributed by atoms with E-state index in [1.807, 2.05) is 12.1 Å². The minimum Gasteiger partial charge on any atom is -0.389 e. The number of pyridine rings is 1. The third kappa shape index (κ3) is 2.68. The van der Waals surface area contributed by atoms with Crippen molar-refractivity contribution >= 4 is 23.0 Å². The van der Waals surface area contributed by atoms with E-state index in [-0.39, 0.29) is 0 Å². The molecule has 2 rings (SSSR count). The standard InChI is InChI=1S/C11H15N3OS/c12-10(16)9-4-1-5-13-11(9)14-8-3-2-6-15-7-8/h1,4-5,8H,2-3,6-7H2,(H2,12,16)(H,13,14). The fourth-order valence-corrected chi connectivity index (χ4v) is 1.93. The Hall–Kier alpha value is -1.20. The van der Waals surface area contributed by atoms with E-state index in [0.717, 1.165) is 30.8 Å². The molecule has 1 fully saturated rings. The zero-order valence-electron chi connectivity index (χ0n) is 8.98. The largest absolute Gasteiger partial charge is 0.389 e. The van der Waals surface area contributed by atoms with Crippen LogP contribution in [0.25, 0.3) is 0 Å². The Kier molecular flexibility index (Phi) is 3.69. The third-order valence-electron chi connectivity index (χ3n) is 2.57. The number of nitrogens with two attached hydrogens (primary N) is 1. The zero-order valence-corrected chi connectivity index (χ0v) is 9.80. The van der Waals surface area contributed by atoms with Gasteiger partial charge in [-0.05, 0) is 25.0 Å². The number of ether oxygens (including phenoxy) is 1. The molecule has 16 heavy (non-hydrogen) atoms. The van der Waals surface area contributed by atoms with Gasteiger partial charge in [-0.2, -0.15) is 0 Å². The molecule has 4 nitrogen and oxygen atoms in total. The third-order valence-corrected chi connectivity index (χ3v) is 2.79. The van der Waals surface area contributed by atoms with E-state index in [0.29, 0.717) is 17.6 Å². The van der Waals surface area contributed by atoms with Gasteiger partial charge in [0.25, 0.3) is 0 Å². The van der Waals surface area contributed by atoms with Gasteiger partial charge in [0.15, 0.2) is 0 Å². The van der Waals surface area contributed by atoms with Gasteiger partial charge in [0.2, 0.25) is 0 Å². The van der Waals surface area contributed by atoms with Gasteiger partial charge in [-0.1, -0.05) is 12.2 Å². The lowest BCUT2D eigenvalue weighted by Crippen LogP contribution is -2.31. The van der Waals surface area contributed by atoms with Gasteiger partial charge in [0.1, 0.15) is 10.8 Å². The van der Waals surface area contributed by atoms with Crippen molar-refractivity contribution in [3.8, 4) is 0 Å². The lowest BCUT2D eigenvalue weighted by molar-refractivity contribution is 0.0875. The Labute approximate surface area is 100 Å². The summed E-state index contributed by atoms with van der Waals surface area (Å²) in [6, 6.07) is 4.01. The first-order valence-corrected chi connectivity index (χ1v) is 5.77. The van der Waals surface area contributed by atoms with Gasteiger partial charge in [-0.3, -0.25) is 0 Å². The van der Waals surface area contributed by atoms with E-state index < -0.39 is 0 Å². The maximum Gasteiger partial charge on any atom is 0.136 e. The van der Waals surface area contributed by atoms with Crippen molar-refractivity contribution in [3.05, 3.63) is 23.9 Å². The number of nitrogens with one attached hydrogen (secondary N) is 1. The lowest BCUT2D eigenvalue weighted by Gasteiger charge is -2.24. The highest BCUT2D eigenvalue weighted by molar-refractivity contribution is 7.80. The maximum atomic E-state index is 5.64. The van der Waals surface area contributed by atoms with Gasteiger partial charge in [0.05, 0.1) is 18.2 Å². The van der Waals surface area contributed by atoms with Gasteiger partial charge in [-0.25, -0.2) is 4.98 Å². The van der Waals surface area contributed by atoms with Crippen LogP contribution in [0.2, 0.25) is 0 Å². The smallest absolute Gasteiger partial charge is 0.136 e. The summed E-state index contributed by atoms with van der Waals surface area (Å²) >= 11 is 4.98. The predicted octanol–water partition coefficient (Wildman–Crippen LogP) is 1.31. The van der Waals surface area contributed by atoms with Crippen molar-refractivity contribution in [3.63, 3.8) is 0 Å². The molecular formula is C11H15N3OS. The molecule has 0 aromatic carbocycles. The Balaban J connectivity index is 2.10. The predicted molar refractivity (Wildman–Crippen MR) is 67.6 cm³/mol. The molecule has 0 spiro atoms. The average Bonchev–Trinajstić information content (AvgIpc) is 2.31. The second-order valence-electron chi connectivity index (χ2n) is 3.82. The van der Waals surface area contributed by atoms with Crippen molar-refractivity contribution in [1.82, 2.24) is 4.98 Å². The summed E-state index contributed by atoms with van der Waals surface area (Å²) in [5, 5.41) is 3.33. The molecule has 5 heteroatoms. The summed E-state index contributed by atoms with van der Waals surface area (Å²) in [5.41, 5.74) is 6.43. The molecule has 1 saturated heterocycles. The number of thiocarbonyl (C=S) groups is 1. The number of rotatable bonds is 3. The molecule has 1 aliphatic rings. The van der Waals surface area contributed by atoms with Crippen molar-refractivity contribution < 1.29 is 4.74 Å². The molecule has 2 heterocycles. The van der Waals surface area contributed by atoms with Crippen LogP contribution in [0.15, 0.2) is 18.3 Å². The first-order chi connectivity index (χ1) is 7.77. The van der Waals surface area contributed by atoms with E-state index in [1.165, 1.54) is 0 Å². The highest BCUT2D eigenvalue weighted by Gasteiger charge is 2.15. The molecule has 1 atom stereocenters. The molecule has 1 aromatic rings. The molecule has 1 unspecified atom stereocenters. The first kappa shape index (κ1) is 11.3. The maximum absolute atomic E-state index is 5.64. The second-order valence-corrected chi connectivity index (χ2v) is 4.26. The normalized spacial score (nSPS) is 20.4. The van der Waals surface area contributed by atoms with E-state index in [9.17, 15) is 0 Å². The number of aromatic nitrogens is 1. The van der Waals surface area contributed by atoms with Crippen LogP contribution in [-0.2, 0) is 4.74 Å². The molecule has 0 radical (unpaired) electrons. The second kappa shape index (κ2) is 5.23. The fraction of sp³-hybridized carbons (Fsp3) is 0.455. The Morgan fingerprint density at radius 2 is 2.50 bits per heavy atom. The van der Waals surface area contributed by atoms with Crippen LogP contribution in [0, 0.1) is 0 Å². The quantitative estimate of drug-likeness (QED) is 0.776. The summed E-state index contributed by atoms with van der Waals surface area (Å²) < 4.78 is 5.40. The number of hydrogen-bond donors (Lipinski definition) is 2. The van der Waals surface area contributed by atoms with Gasteiger partial charge in [-0.15, -0.1) is 0 Å². The summed E-state index contributed by atoms with van der Waals surface area (Å²) in [5.74, 6) is 0.755. The fourth-order valence-electron chi connectivity index (χ4n) is 1.77. The van der Waals surface area contributed by atoms with Crippen LogP contribution >= 0.6 is 12.2 Å². The molecule has 0 bridgehead atoms. The lowest BCUT2D eigenvalue weighted by atomic mass is 10.1. The van der Waals surface area contributed by atoms with Crippen LogP contribution in [0.3, 0.4) is 0 Å². The molecule has 0 amide bonds. The highest BCUT2D eigenvalue weighted by atomic mass is 32.1. The Morgan fingerprint density at radius 3 is 3.19 bits per heavy atom. The monoisotopic (exact) mass is 237 g/mol. The Bertz CT molecular complexity index is 377. The molecule has 86 valence electrons.